The van der Waals surface area contributed by atoms with Crippen LogP contribution in [0.4, 0.5) is 5.69 Å². The lowest BCUT2D eigenvalue weighted by molar-refractivity contribution is 0.421. The van der Waals surface area contributed by atoms with Gasteiger partial charge in [0.2, 0.25) is 5.88 Å². The molecule has 0 saturated heterocycles. The van der Waals surface area contributed by atoms with E-state index in [1.54, 1.807) is 6.92 Å². The second kappa shape index (κ2) is 6.14. The average molecular weight is 296 g/mol. The van der Waals surface area contributed by atoms with Gasteiger partial charge in [0.25, 0.3) is 5.56 Å². The first-order valence-electron chi connectivity index (χ1n) is 6.64. The fourth-order valence-electron chi connectivity index (χ4n) is 2.08. The molecule has 112 valence electrons. The average Bonchev–Trinajstić information content (AvgIpc) is 2.49. The molecule has 0 saturated carbocycles. The van der Waals surface area contributed by atoms with Crippen LogP contribution in [0.3, 0.4) is 0 Å². The highest BCUT2D eigenvalue weighted by molar-refractivity contribution is 5.86. The molecular weight excluding hydrogens is 280 g/mol. The number of nitrogens with one attached hydrogen (secondary N) is 1. The van der Waals surface area contributed by atoms with Crippen molar-refractivity contribution in [3.63, 3.8) is 0 Å². The van der Waals surface area contributed by atoms with Crippen molar-refractivity contribution in [3.05, 3.63) is 56.9 Å². The van der Waals surface area contributed by atoms with Gasteiger partial charge in [0.05, 0.1) is 17.5 Å². The SMILES string of the molecule is Cc1cccc(NN=Cc2c(C)c(C#N)c(=O)n(C)c2O)c1. The number of hydrazone groups is 1. The van der Waals surface area contributed by atoms with Gasteiger partial charge >= 0.3 is 0 Å². The molecule has 0 radical (unpaired) electrons. The summed E-state index contributed by atoms with van der Waals surface area (Å²) in [7, 11) is 1.41. The van der Waals surface area contributed by atoms with Crippen LogP contribution in [0.5, 0.6) is 5.88 Å². The van der Waals surface area contributed by atoms with Crippen molar-refractivity contribution < 1.29 is 5.11 Å². The summed E-state index contributed by atoms with van der Waals surface area (Å²) in [6, 6.07) is 9.51. The Morgan fingerprint density at radius 1 is 1.41 bits per heavy atom. The van der Waals surface area contributed by atoms with Crippen molar-refractivity contribution in [1.29, 1.82) is 5.26 Å². The summed E-state index contributed by atoms with van der Waals surface area (Å²) >= 11 is 0. The Kier molecular flexibility index (Phi) is 4.28. The Morgan fingerprint density at radius 3 is 2.77 bits per heavy atom. The minimum Gasteiger partial charge on any atom is -0.494 e. The number of nitrogens with zero attached hydrogens (tertiary/aromatic N) is 3. The molecule has 0 aliphatic rings. The molecule has 0 aliphatic heterocycles. The van der Waals surface area contributed by atoms with E-state index in [1.807, 2.05) is 37.3 Å². The fourth-order valence-corrected chi connectivity index (χ4v) is 2.08. The molecule has 0 aliphatic carbocycles. The summed E-state index contributed by atoms with van der Waals surface area (Å²) in [5, 5.41) is 23.2. The molecule has 1 heterocycles. The minimum atomic E-state index is -0.527. The van der Waals surface area contributed by atoms with E-state index >= 15 is 0 Å². The molecule has 1 aromatic heterocycles. The zero-order chi connectivity index (χ0) is 16.3. The van der Waals surface area contributed by atoms with Crippen molar-refractivity contribution in [3.8, 4) is 11.9 Å². The summed E-state index contributed by atoms with van der Waals surface area (Å²) in [4.78, 5) is 11.8. The zero-order valence-corrected chi connectivity index (χ0v) is 12.6. The van der Waals surface area contributed by atoms with Gasteiger partial charge in [0.15, 0.2) is 0 Å². The van der Waals surface area contributed by atoms with Gasteiger partial charge in [-0.25, -0.2) is 0 Å². The van der Waals surface area contributed by atoms with Crippen molar-refractivity contribution in [2.45, 2.75) is 13.8 Å². The number of aryl methyl sites for hydroxylation is 1. The lowest BCUT2D eigenvalue weighted by Crippen LogP contribution is -2.22. The standard InChI is InChI=1S/C16H16N4O2/c1-10-5-4-6-12(7-10)19-18-9-14-11(2)13(8-17)15(21)20(3)16(14)22/h4-7,9,19,22H,1-3H3. The highest BCUT2D eigenvalue weighted by atomic mass is 16.3. The lowest BCUT2D eigenvalue weighted by Gasteiger charge is -2.09. The van der Waals surface area contributed by atoms with Crippen LogP contribution in [0.2, 0.25) is 0 Å². The van der Waals surface area contributed by atoms with Crippen LogP contribution in [0.1, 0.15) is 22.3 Å². The van der Waals surface area contributed by atoms with Crippen LogP contribution >= 0.6 is 0 Å². The topological polar surface area (TPSA) is 90.4 Å². The molecule has 0 spiro atoms. The van der Waals surface area contributed by atoms with Crippen LogP contribution in [-0.4, -0.2) is 15.9 Å². The molecule has 6 nitrogen and oxygen atoms in total. The number of aromatic nitrogens is 1. The van der Waals surface area contributed by atoms with Crippen LogP contribution < -0.4 is 11.0 Å². The lowest BCUT2D eigenvalue weighted by atomic mass is 10.1. The molecule has 2 aromatic rings. The molecule has 0 bridgehead atoms. The maximum atomic E-state index is 11.8. The largest absolute Gasteiger partial charge is 0.494 e. The number of nitriles is 1. The van der Waals surface area contributed by atoms with Gasteiger partial charge in [-0.15, -0.1) is 0 Å². The first-order valence-corrected chi connectivity index (χ1v) is 6.64. The maximum absolute atomic E-state index is 11.8. The van der Waals surface area contributed by atoms with Gasteiger partial charge in [-0.2, -0.15) is 10.4 Å². The van der Waals surface area contributed by atoms with Crippen molar-refractivity contribution in [2.24, 2.45) is 12.1 Å². The number of rotatable bonds is 3. The van der Waals surface area contributed by atoms with Gasteiger partial charge in [0, 0.05) is 7.05 Å². The molecular formula is C16H16N4O2. The monoisotopic (exact) mass is 296 g/mol. The smallest absolute Gasteiger partial charge is 0.271 e. The van der Waals surface area contributed by atoms with Crippen LogP contribution in [0, 0.1) is 25.2 Å². The summed E-state index contributed by atoms with van der Waals surface area (Å²) in [5.41, 5.74) is 4.95. The zero-order valence-electron chi connectivity index (χ0n) is 12.6. The normalized spacial score (nSPS) is 10.6. The second-order valence-corrected chi connectivity index (χ2v) is 4.95. The van der Waals surface area contributed by atoms with E-state index < -0.39 is 5.56 Å². The highest BCUT2D eigenvalue weighted by Crippen LogP contribution is 2.18. The molecule has 0 unspecified atom stereocenters. The predicted octanol–water partition coefficient (Wildman–Crippen LogP) is 2.03. The van der Waals surface area contributed by atoms with Crippen LogP contribution in [0.25, 0.3) is 0 Å². The summed E-state index contributed by atoms with van der Waals surface area (Å²) in [5.74, 6) is -0.226. The fraction of sp³-hybridized carbons (Fsp3) is 0.188. The number of benzene rings is 1. The summed E-state index contributed by atoms with van der Waals surface area (Å²) < 4.78 is 1.03. The molecule has 2 N–H and O–H groups in total. The Bertz CT molecular complexity index is 844. The molecule has 0 atom stereocenters. The number of anilines is 1. The number of aromatic hydroxyl groups is 1. The summed E-state index contributed by atoms with van der Waals surface area (Å²) in [6.45, 7) is 3.57. The van der Waals surface area contributed by atoms with E-state index in [0.29, 0.717) is 11.1 Å². The molecule has 1 aromatic carbocycles. The number of hydrogen-bond donors (Lipinski definition) is 2. The first-order chi connectivity index (χ1) is 10.5. The van der Waals surface area contributed by atoms with Crippen LogP contribution in [-0.2, 0) is 7.05 Å². The quantitative estimate of drug-likeness (QED) is 0.669. The Hall–Kier alpha value is -3.07. The number of pyridine rings is 1. The van der Waals surface area contributed by atoms with E-state index in [1.165, 1.54) is 13.3 Å². The predicted molar refractivity (Wildman–Crippen MR) is 85.2 cm³/mol. The third-order valence-corrected chi connectivity index (χ3v) is 3.37. The first kappa shape index (κ1) is 15.3. The van der Waals surface area contributed by atoms with E-state index in [4.69, 9.17) is 5.26 Å². The molecule has 0 fully saturated rings. The van der Waals surface area contributed by atoms with E-state index in [2.05, 4.69) is 10.5 Å². The third-order valence-electron chi connectivity index (χ3n) is 3.37. The second-order valence-electron chi connectivity index (χ2n) is 4.95. The third kappa shape index (κ3) is 2.83. The van der Waals surface area contributed by atoms with Crippen molar-refractivity contribution >= 4 is 11.9 Å². The van der Waals surface area contributed by atoms with Gasteiger partial charge < -0.3 is 5.11 Å². The van der Waals surface area contributed by atoms with E-state index in [9.17, 15) is 9.90 Å². The molecule has 2 rings (SSSR count). The van der Waals surface area contributed by atoms with E-state index in [0.717, 1.165) is 15.8 Å². The van der Waals surface area contributed by atoms with Gasteiger partial charge in [-0.3, -0.25) is 14.8 Å². The van der Waals surface area contributed by atoms with Gasteiger partial charge in [-0.05, 0) is 37.1 Å². The minimum absolute atomic E-state index is 0.00249. The van der Waals surface area contributed by atoms with Gasteiger partial charge in [0.1, 0.15) is 11.6 Å². The van der Waals surface area contributed by atoms with Crippen LogP contribution in [0.15, 0.2) is 34.2 Å². The summed E-state index contributed by atoms with van der Waals surface area (Å²) in [6.07, 6.45) is 1.40. The Balaban J connectivity index is 2.38. The maximum Gasteiger partial charge on any atom is 0.271 e. The Morgan fingerprint density at radius 2 is 2.14 bits per heavy atom. The van der Waals surface area contributed by atoms with Gasteiger partial charge in [-0.1, -0.05) is 12.1 Å². The molecule has 0 amide bonds. The van der Waals surface area contributed by atoms with Crippen molar-refractivity contribution in [2.75, 3.05) is 5.43 Å². The van der Waals surface area contributed by atoms with Crippen molar-refractivity contribution in [1.82, 2.24) is 4.57 Å². The van der Waals surface area contributed by atoms with E-state index in [-0.39, 0.29) is 11.4 Å². The Labute approximate surface area is 128 Å². The highest BCUT2D eigenvalue weighted by Gasteiger charge is 2.15. The molecule has 6 heteroatoms. The molecule has 22 heavy (non-hydrogen) atoms. The number of hydrogen-bond acceptors (Lipinski definition) is 5.